The number of benzene rings is 3. The van der Waals surface area contributed by atoms with Crippen LogP contribution >= 0.6 is 0 Å². The van der Waals surface area contributed by atoms with Crippen molar-refractivity contribution in [1.29, 1.82) is 0 Å². The zero-order valence-electron chi connectivity index (χ0n) is 22.9. The van der Waals surface area contributed by atoms with Crippen LogP contribution in [0.25, 0.3) is 22.6 Å². The molecule has 0 bridgehead atoms. The standard InChI is InChI=1S/C33H30N4O3/c1-22-13-18-31(25-9-6-5-7-10-25)37(22)29-16-14-26(15-17-29)32(38)35-34-21-28-19-23(2)36(24(28)3)30-12-8-11-27(20-30)33(39)40-4/h5-21H,1-4H3,(H,35,38)/b34-21+. The van der Waals surface area contributed by atoms with Gasteiger partial charge in [0.1, 0.15) is 0 Å². The third-order valence-corrected chi connectivity index (χ3v) is 6.90. The zero-order chi connectivity index (χ0) is 28.2. The molecule has 0 spiro atoms. The van der Waals surface area contributed by atoms with Gasteiger partial charge in [-0.3, -0.25) is 4.79 Å². The number of carbonyl (C=O) groups excluding carboxylic acids is 2. The van der Waals surface area contributed by atoms with Gasteiger partial charge >= 0.3 is 5.97 Å². The Morgan fingerprint density at radius 2 is 1.50 bits per heavy atom. The molecule has 1 amide bonds. The molecule has 3 aromatic carbocycles. The summed E-state index contributed by atoms with van der Waals surface area (Å²) in [5.41, 5.74) is 11.5. The molecular formula is C33H30N4O3. The number of hydrogen-bond acceptors (Lipinski definition) is 4. The third-order valence-electron chi connectivity index (χ3n) is 6.90. The summed E-state index contributed by atoms with van der Waals surface area (Å²) in [6, 6.07) is 31.1. The number of carbonyl (C=O) groups is 2. The van der Waals surface area contributed by atoms with Gasteiger partial charge < -0.3 is 13.9 Å². The number of aromatic nitrogens is 2. The van der Waals surface area contributed by atoms with Crippen molar-refractivity contribution in [2.75, 3.05) is 7.11 Å². The van der Waals surface area contributed by atoms with Gasteiger partial charge in [-0.1, -0.05) is 36.4 Å². The molecule has 0 aliphatic heterocycles. The number of methoxy groups -OCH3 is 1. The highest BCUT2D eigenvalue weighted by Gasteiger charge is 2.13. The Morgan fingerprint density at radius 1 is 0.750 bits per heavy atom. The Morgan fingerprint density at radius 3 is 2.23 bits per heavy atom. The molecule has 0 atom stereocenters. The lowest BCUT2D eigenvalue weighted by Gasteiger charge is -2.12. The topological polar surface area (TPSA) is 77.6 Å². The van der Waals surface area contributed by atoms with E-state index in [1.54, 1.807) is 30.5 Å². The Labute approximate surface area is 233 Å². The van der Waals surface area contributed by atoms with Gasteiger partial charge in [0.05, 0.1) is 24.6 Å². The minimum Gasteiger partial charge on any atom is -0.465 e. The summed E-state index contributed by atoms with van der Waals surface area (Å²) in [4.78, 5) is 24.8. The fourth-order valence-electron chi connectivity index (χ4n) is 4.91. The Hall–Kier alpha value is -5.17. The van der Waals surface area contributed by atoms with Gasteiger partial charge in [-0.15, -0.1) is 0 Å². The number of aryl methyl sites for hydroxylation is 2. The maximum Gasteiger partial charge on any atom is 0.337 e. The van der Waals surface area contributed by atoms with Crippen LogP contribution in [-0.2, 0) is 4.74 Å². The second-order valence-corrected chi connectivity index (χ2v) is 9.51. The largest absolute Gasteiger partial charge is 0.465 e. The van der Waals surface area contributed by atoms with Crippen molar-refractivity contribution in [3.63, 3.8) is 0 Å². The van der Waals surface area contributed by atoms with Crippen LogP contribution < -0.4 is 5.43 Å². The number of ether oxygens (including phenoxy) is 1. The van der Waals surface area contributed by atoms with Crippen molar-refractivity contribution in [3.05, 3.63) is 131 Å². The molecule has 0 unspecified atom stereocenters. The Bertz CT molecular complexity index is 1710. The summed E-state index contributed by atoms with van der Waals surface area (Å²) in [6.45, 7) is 6.01. The first-order valence-electron chi connectivity index (χ1n) is 12.9. The van der Waals surface area contributed by atoms with E-state index in [-0.39, 0.29) is 11.9 Å². The summed E-state index contributed by atoms with van der Waals surface area (Å²) in [6.07, 6.45) is 1.63. The lowest BCUT2D eigenvalue weighted by atomic mass is 10.1. The van der Waals surface area contributed by atoms with Crippen molar-refractivity contribution in [1.82, 2.24) is 14.6 Å². The predicted molar refractivity (Wildman–Crippen MR) is 158 cm³/mol. The van der Waals surface area contributed by atoms with Gasteiger partial charge in [0.2, 0.25) is 0 Å². The maximum atomic E-state index is 12.8. The van der Waals surface area contributed by atoms with Crippen LogP contribution in [0.1, 0.15) is 43.4 Å². The van der Waals surface area contributed by atoms with Crippen LogP contribution in [0.4, 0.5) is 0 Å². The number of nitrogens with zero attached hydrogens (tertiary/aromatic N) is 3. The maximum absolute atomic E-state index is 12.8. The number of esters is 1. The zero-order valence-corrected chi connectivity index (χ0v) is 22.9. The summed E-state index contributed by atoms with van der Waals surface area (Å²) in [7, 11) is 1.36. The van der Waals surface area contributed by atoms with E-state index in [2.05, 4.69) is 46.3 Å². The highest BCUT2D eigenvalue weighted by atomic mass is 16.5. The molecule has 5 rings (SSSR count). The smallest absolute Gasteiger partial charge is 0.337 e. The minimum atomic E-state index is -0.387. The average Bonchev–Trinajstić information content (AvgIpc) is 3.51. The van der Waals surface area contributed by atoms with E-state index < -0.39 is 0 Å². The molecule has 0 aliphatic carbocycles. The quantitative estimate of drug-likeness (QED) is 0.150. The summed E-state index contributed by atoms with van der Waals surface area (Å²) < 4.78 is 9.05. The van der Waals surface area contributed by atoms with E-state index >= 15 is 0 Å². The van der Waals surface area contributed by atoms with Crippen LogP contribution in [0.2, 0.25) is 0 Å². The Kier molecular flexibility index (Phi) is 7.46. The van der Waals surface area contributed by atoms with E-state index in [4.69, 9.17) is 4.74 Å². The van der Waals surface area contributed by atoms with Gasteiger partial charge in [-0.2, -0.15) is 5.10 Å². The molecule has 0 aliphatic rings. The number of hydrogen-bond donors (Lipinski definition) is 1. The first kappa shape index (κ1) is 26.4. The second-order valence-electron chi connectivity index (χ2n) is 9.51. The van der Waals surface area contributed by atoms with Gasteiger partial charge in [-0.25, -0.2) is 10.2 Å². The molecule has 1 N–H and O–H groups in total. The van der Waals surface area contributed by atoms with Gasteiger partial charge in [0, 0.05) is 39.6 Å². The SMILES string of the molecule is COC(=O)c1cccc(-n2c(C)cc(/C=N/NC(=O)c3ccc(-n4c(C)ccc4-c4ccccc4)cc3)c2C)c1. The van der Waals surface area contributed by atoms with Crippen LogP contribution in [0.15, 0.2) is 102 Å². The normalized spacial score (nSPS) is 11.1. The molecule has 7 heteroatoms. The van der Waals surface area contributed by atoms with Crippen molar-refractivity contribution in [3.8, 4) is 22.6 Å². The van der Waals surface area contributed by atoms with Crippen LogP contribution in [0, 0.1) is 20.8 Å². The van der Waals surface area contributed by atoms with Gasteiger partial charge in [0.25, 0.3) is 5.91 Å². The van der Waals surface area contributed by atoms with E-state index in [1.165, 1.54) is 7.11 Å². The molecule has 2 heterocycles. The van der Waals surface area contributed by atoms with E-state index in [0.717, 1.165) is 45.3 Å². The van der Waals surface area contributed by atoms with Crippen LogP contribution in [0.3, 0.4) is 0 Å². The molecule has 0 fully saturated rings. The Balaban J connectivity index is 1.31. The minimum absolute atomic E-state index is 0.296. The van der Waals surface area contributed by atoms with Gasteiger partial charge in [0.15, 0.2) is 0 Å². The first-order chi connectivity index (χ1) is 19.4. The highest BCUT2D eigenvalue weighted by Crippen LogP contribution is 2.26. The van der Waals surface area contributed by atoms with E-state index in [1.807, 2.05) is 66.9 Å². The predicted octanol–water partition coefficient (Wildman–Crippen LogP) is 6.41. The molecule has 0 saturated carbocycles. The summed E-state index contributed by atoms with van der Waals surface area (Å²) in [5.74, 6) is -0.683. The number of hydrazone groups is 1. The molecule has 7 nitrogen and oxygen atoms in total. The van der Waals surface area contributed by atoms with Gasteiger partial charge in [-0.05, 0) is 87.0 Å². The average molecular weight is 531 g/mol. The van der Waals surface area contributed by atoms with Crippen LogP contribution in [0.5, 0.6) is 0 Å². The van der Waals surface area contributed by atoms with Crippen molar-refractivity contribution in [2.45, 2.75) is 20.8 Å². The van der Waals surface area contributed by atoms with E-state index in [0.29, 0.717) is 11.1 Å². The van der Waals surface area contributed by atoms with Crippen molar-refractivity contribution in [2.24, 2.45) is 5.10 Å². The van der Waals surface area contributed by atoms with E-state index in [9.17, 15) is 9.59 Å². The number of rotatable bonds is 7. The first-order valence-corrected chi connectivity index (χ1v) is 12.9. The van der Waals surface area contributed by atoms with Crippen molar-refractivity contribution >= 4 is 18.1 Å². The molecule has 5 aromatic rings. The fraction of sp³-hybridized carbons (Fsp3) is 0.121. The molecule has 40 heavy (non-hydrogen) atoms. The number of nitrogens with one attached hydrogen (secondary N) is 1. The monoisotopic (exact) mass is 530 g/mol. The molecule has 2 aromatic heterocycles. The summed E-state index contributed by atoms with van der Waals surface area (Å²) in [5, 5.41) is 4.21. The second kappa shape index (κ2) is 11.3. The lowest BCUT2D eigenvalue weighted by Crippen LogP contribution is -2.17. The third kappa shape index (κ3) is 5.22. The molecular weight excluding hydrogens is 500 g/mol. The summed E-state index contributed by atoms with van der Waals surface area (Å²) >= 11 is 0. The molecule has 0 saturated heterocycles. The van der Waals surface area contributed by atoms with Crippen molar-refractivity contribution < 1.29 is 14.3 Å². The van der Waals surface area contributed by atoms with Crippen LogP contribution in [-0.4, -0.2) is 34.3 Å². The fourth-order valence-corrected chi connectivity index (χ4v) is 4.91. The molecule has 200 valence electrons. The molecule has 0 radical (unpaired) electrons. The lowest BCUT2D eigenvalue weighted by molar-refractivity contribution is 0.0600. The number of amides is 1. The highest BCUT2D eigenvalue weighted by molar-refractivity contribution is 5.95.